The number of aryl methyl sites for hydroxylation is 2. The van der Waals surface area contributed by atoms with Crippen LogP contribution in [0.25, 0.3) is 0 Å². The molecule has 0 heterocycles. The Labute approximate surface area is 168 Å². The van der Waals surface area contributed by atoms with Crippen LogP contribution in [0.4, 0.5) is 5.69 Å². The fourth-order valence-electron chi connectivity index (χ4n) is 3.97. The fourth-order valence-corrected chi connectivity index (χ4v) is 4.31. The SMILES string of the molecule is CCOc1cccc(NC(=S)NC2(CCc3cccc(C)c3)CCCC2)c1. The molecule has 3 nitrogen and oxygen atoms in total. The van der Waals surface area contributed by atoms with E-state index >= 15 is 0 Å². The zero-order chi connectivity index (χ0) is 19.1. The molecule has 3 rings (SSSR count). The topological polar surface area (TPSA) is 33.3 Å². The molecular formula is C23H30N2OS. The van der Waals surface area contributed by atoms with E-state index < -0.39 is 0 Å². The maximum atomic E-state index is 5.64. The summed E-state index contributed by atoms with van der Waals surface area (Å²) in [5, 5.41) is 7.70. The van der Waals surface area contributed by atoms with Crippen molar-refractivity contribution in [1.82, 2.24) is 5.32 Å². The molecule has 0 saturated heterocycles. The molecule has 4 heteroatoms. The summed E-state index contributed by atoms with van der Waals surface area (Å²) in [5.41, 5.74) is 3.80. The van der Waals surface area contributed by atoms with E-state index in [2.05, 4.69) is 41.8 Å². The molecule has 0 aliphatic heterocycles. The first-order valence-corrected chi connectivity index (χ1v) is 10.4. The lowest BCUT2D eigenvalue weighted by atomic mass is 9.89. The van der Waals surface area contributed by atoms with E-state index in [1.54, 1.807) is 0 Å². The van der Waals surface area contributed by atoms with Gasteiger partial charge >= 0.3 is 0 Å². The molecule has 0 unspecified atom stereocenters. The lowest BCUT2D eigenvalue weighted by Crippen LogP contribution is -2.48. The first kappa shape index (κ1) is 19.7. The highest BCUT2D eigenvalue weighted by molar-refractivity contribution is 7.80. The Kier molecular flexibility index (Phi) is 6.73. The Morgan fingerprint density at radius 3 is 2.63 bits per heavy atom. The molecule has 0 bridgehead atoms. The lowest BCUT2D eigenvalue weighted by molar-refractivity contribution is 0.340. The normalized spacial score (nSPS) is 15.3. The maximum absolute atomic E-state index is 5.64. The van der Waals surface area contributed by atoms with Crippen LogP contribution in [0.5, 0.6) is 5.75 Å². The number of nitrogens with one attached hydrogen (secondary N) is 2. The summed E-state index contributed by atoms with van der Waals surface area (Å²) in [5.74, 6) is 0.861. The summed E-state index contributed by atoms with van der Waals surface area (Å²) in [7, 11) is 0. The molecule has 27 heavy (non-hydrogen) atoms. The van der Waals surface area contributed by atoms with Crippen molar-refractivity contribution in [1.29, 1.82) is 0 Å². The third-order valence-corrected chi connectivity index (χ3v) is 5.52. The van der Waals surface area contributed by atoms with Crippen LogP contribution < -0.4 is 15.4 Å². The number of hydrogen-bond donors (Lipinski definition) is 2. The van der Waals surface area contributed by atoms with Crippen LogP contribution in [-0.2, 0) is 6.42 Å². The summed E-state index contributed by atoms with van der Waals surface area (Å²) >= 11 is 5.64. The van der Waals surface area contributed by atoms with E-state index in [4.69, 9.17) is 17.0 Å². The van der Waals surface area contributed by atoms with Gasteiger partial charge in [-0.05, 0) is 69.4 Å². The third kappa shape index (κ3) is 5.70. The number of thiocarbonyl (C=S) groups is 1. The van der Waals surface area contributed by atoms with Crippen LogP contribution in [-0.4, -0.2) is 17.3 Å². The van der Waals surface area contributed by atoms with Crippen molar-refractivity contribution in [3.05, 3.63) is 59.7 Å². The van der Waals surface area contributed by atoms with E-state index in [1.807, 2.05) is 31.2 Å². The molecule has 1 fully saturated rings. The largest absolute Gasteiger partial charge is 0.494 e. The highest BCUT2D eigenvalue weighted by Crippen LogP contribution is 2.34. The van der Waals surface area contributed by atoms with Crippen LogP contribution in [0.2, 0.25) is 0 Å². The van der Waals surface area contributed by atoms with E-state index in [0.29, 0.717) is 11.7 Å². The van der Waals surface area contributed by atoms with Crippen molar-refractivity contribution in [2.45, 2.75) is 57.9 Å². The van der Waals surface area contributed by atoms with Crippen molar-refractivity contribution in [2.75, 3.05) is 11.9 Å². The molecule has 0 amide bonds. The fraction of sp³-hybridized carbons (Fsp3) is 0.435. The van der Waals surface area contributed by atoms with Crippen molar-refractivity contribution in [2.24, 2.45) is 0 Å². The summed E-state index contributed by atoms with van der Waals surface area (Å²) in [6.45, 7) is 4.81. The van der Waals surface area contributed by atoms with Crippen LogP contribution in [0.3, 0.4) is 0 Å². The number of hydrogen-bond acceptors (Lipinski definition) is 2. The average molecular weight is 383 g/mol. The summed E-state index contributed by atoms with van der Waals surface area (Å²) in [6, 6.07) is 16.8. The second-order valence-electron chi connectivity index (χ2n) is 7.52. The molecule has 0 spiro atoms. The number of benzene rings is 2. The number of anilines is 1. The molecule has 2 aromatic rings. The average Bonchev–Trinajstić information content (AvgIpc) is 3.09. The van der Waals surface area contributed by atoms with Gasteiger partial charge in [-0.15, -0.1) is 0 Å². The molecule has 2 aromatic carbocycles. The van der Waals surface area contributed by atoms with Crippen LogP contribution in [0.1, 0.15) is 50.2 Å². The van der Waals surface area contributed by atoms with Gasteiger partial charge < -0.3 is 15.4 Å². The van der Waals surface area contributed by atoms with Gasteiger partial charge in [0, 0.05) is 17.3 Å². The van der Waals surface area contributed by atoms with E-state index in [1.165, 1.54) is 36.8 Å². The highest BCUT2D eigenvalue weighted by atomic mass is 32.1. The maximum Gasteiger partial charge on any atom is 0.171 e. The second-order valence-corrected chi connectivity index (χ2v) is 7.92. The Morgan fingerprint density at radius 2 is 1.89 bits per heavy atom. The zero-order valence-electron chi connectivity index (χ0n) is 16.4. The van der Waals surface area contributed by atoms with Gasteiger partial charge in [0.05, 0.1) is 6.61 Å². The van der Waals surface area contributed by atoms with Crippen LogP contribution in [0.15, 0.2) is 48.5 Å². The predicted octanol–water partition coefficient (Wildman–Crippen LogP) is 5.63. The molecule has 0 radical (unpaired) electrons. The van der Waals surface area contributed by atoms with Gasteiger partial charge in [0.2, 0.25) is 0 Å². The Hall–Kier alpha value is -2.07. The van der Waals surface area contributed by atoms with Crippen molar-refractivity contribution in [3.63, 3.8) is 0 Å². The first-order chi connectivity index (χ1) is 13.1. The molecular weight excluding hydrogens is 352 g/mol. The molecule has 144 valence electrons. The predicted molar refractivity (Wildman–Crippen MR) is 118 cm³/mol. The van der Waals surface area contributed by atoms with Gasteiger partial charge in [0.25, 0.3) is 0 Å². The number of ether oxygens (including phenoxy) is 1. The molecule has 1 saturated carbocycles. The molecule has 2 N–H and O–H groups in total. The Morgan fingerprint density at radius 1 is 1.11 bits per heavy atom. The Balaban J connectivity index is 1.61. The van der Waals surface area contributed by atoms with Gasteiger partial charge in [-0.2, -0.15) is 0 Å². The van der Waals surface area contributed by atoms with Crippen LogP contribution >= 0.6 is 12.2 Å². The lowest BCUT2D eigenvalue weighted by Gasteiger charge is -2.32. The molecule has 1 aliphatic carbocycles. The van der Waals surface area contributed by atoms with Gasteiger partial charge in [-0.25, -0.2) is 0 Å². The van der Waals surface area contributed by atoms with Gasteiger partial charge in [0.1, 0.15) is 5.75 Å². The third-order valence-electron chi connectivity index (χ3n) is 5.32. The zero-order valence-corrected chi connectivity index (χ0v) is 17.2. The van der Waals surface area contributed by atoms with E-state index in [0.717, 1.165) is 24.3 Å². The smallest absolute Gasteiger partial charge is 0.171 e. The Bertz CT molecular complexity index is 768. The standard InChI is InChI=1S/C23H30N2OS/c1-3-26-21-11-7-10-20(17-21)24-22(27)25-23(13-4-5-14-23)15-12-19-9-6-8-18(2)16-19/h6-11,16-17H,3-5,12-15H2,1-2H3,(H2,24,25,27). The first-order valence-electron chi connectivity index (χ1n) is 9.96. The minimum atomic E-state index is 0.103. The van der Waals surface area contributed by atoms with Gasteiger partial charge in [-0.1, -0.05) is 48.7 Å². The summed E-state index contributed by atoms with van der Waals surface area (Å²) in [4.78, 5) is 0. The highest BCUT2D eigenvalue weighted by Gasteiger charge is 2.34. The molecule has 0 atom stereocenters. The van der Waals surface area contributed by atoms with Crippen LogP contribution in [0, 0.1) is 6.92 Å². The number of rotatable bonds is 7. The van der Waals surface area contributed by atoms with Crippen molar-refractivity contribution < 1.29 is 4.74 Å². The summed E-state index contributed by atoms with van der Waals surface area (Å²) in [6.07, 6.45) is 7.08. The van der Waals surface area contributed by atoms with Gasteiger partial charge in [0.15, 0.2) is 5.11 Å². The van der Waals surface area contributed by atoms with Gasteiger partial charge in [-0.3, -0.25) is 0 Å². The molecule has 0 aromatic heterocycles. The van der Waals surface area contributed by atoms with E-state index in [-0.39, 0.29) is 5.54 Å². The van der Waals surface area contributed by atoms with E-state index in [9.17, 15) is 0 Å². The minimum absolute atomic E-state index is 0.103. The molecule has 1 aliphatic rings. The van der Waals surface area contributed by atoms with Crippen molar-refractivity contribution in [3.8, 4) is 5.75 Å². The monoisotopic (exact) mass is 382 g/mol. The summed E-state index contributed by atoms with van der Waals surface area (Å²) < 4.78 is 5.57. The minimum Gasteiger partial charge on any atom is -0.494 e. The second kappa shape index (κ2) is 9.23. The quantitative estimate of drug-likeness (QED) is 0.608. The van der Waals surface area contributed by atoms with Crippen molar-refractivity contribution >= 4 is 23.0 Å².